The molecule has 2 aliphatic rings. The summed E-state index contributed by atoms with van der Waals surface area (Å²) >= 11 is 1.33. The molecule has 0 aromatic carbocycles. The van der Waals surface area contributed by atoms with Crippen molar-refractivity contribution in [1.29, 1.82) is 0 Å². The third-order valence-corrected chi connectivity index (χ3v) is 7.14. The Labute approximate surface area is 181 Å². The van der Waals surface area contributed by atoms with Crippen LogP contribution in [-0.4, -0.2) is 59.2 Å². The van der Waals surface area contributed by atoms with Crippen LogP contribution >= 0.6 is 11.3 Å². The van der Waals surface area contributed by atoms with Crippen molar-refractivity contribution in [3.63, 3.8) is 0 Å². The number of thiophene rings is 1. The average molecular weight is 433 g/mol. The van der Waals surface area contributed by atoms with Crippen molar-refractivity contribution in [2.24, 2.45) is 5.92 Å². The maximum absolute atomic E-state index is 13.1. The van der Waals surface area contributed by atoms with Gasteiger partial charge in [-0.1, -0.05) is 20.3 Å². The molecule has 0 radical (unpaired) electrons. The van der Waals surface area contributed by atoms with E-state index in [-0.39, 0.29) is 17.6 Å². The summed E-state index contributed by atoms with van der Waals surface area (Å²) in [5.74, 6) is 1.33. The minimum absolute atomic E-state index is 0.00375. The molecule has 8 heteroatoms. The number of rotatable bonds is 5. The lowest BCUT2D eigenvalue weighted by atomic mass is 10.1. The van der Waals surface area contributed by atoms with Gasteiger partial charge >= 0.3 is 0 Å². The van der Waals surface area contributed by atoms with Gasteiger partial charge in [0.1, 0.15) is 10.7 Å². The average Bonchev–Trinajstić information content (AvgIpc) is 2.87. The van der Waals surface area contributed by atoms with E-state index in [9.17, 15) is 9.59 Å². The van der Waals surface area contributed by atoms with Crippen molar-refractivity contribution in [3.05, 3.63) is 26.6 Å². The van der Waals surface area contributed by atoms with Crippen LogP contribution < -0.4 is 10.9 Å². The molecule has 0 bridgehead atoms. The Balaban J connectivity index is 1.49. The number of morpholine rings is 1. The van der Waals surface area contributed by atoms with Crippen LogP contribution in [0, 0.1) is 12.8 Å². The maximum atomic E-state index is 13.1. The predicted molar refractivity (Wildman–Crippen MR) is 120 cm³/mol. The first kappa shape index (κ1) is 21.5. The number of amides is 1. The molecule has 1 fully saturated rings. The van der Waals surface area contributed by atoms with Gasteiger partial charge in [-0.2, -0.15) is 0 Å². The van der Waals surface area contributed by atoms with Crippen LogP contribution in [0.5, 0.6) is 0 Å². The summed E-state index contributed by atoms with van der Waals surface area (Å²) in [5, 5.41) is 3.63. The van der Waals surface area contributed by atoms with Crippen LogP contribution in [0.25, 0.3) is 10.2 Å². The predicted octanol–water partition coefficient (Wildman–Crippen LogP) is 2.58. The highest BCUT2D eigenvalue weighted by Gasteiger charge is 2.25. The number of nitrogens with zero attached hydrogens (tertiary/aromatic N) is 3. The number of carbonyl (C=O) groups is 1. The van der Waals surface area contributed by atoms with E-state index in [1.165, 1.54) is 11.3 Å². The molecule has 30 heavy (non-hydrogen) atoms. The van der Waals surface area contributed by atoms with E-state index in [4.69, 9.17) is 9.72 Å². The van der Waals surface area contributed by atoms with Crippen LogP contribution in [0.1, 0.15) is 54.2 Å². The Hall–Kier alpha value is -1.77. The molecule has 0 saturated carbocycles. The number of hydrogen-bond donors (Lipinski definition) is 1. The van der Waals surface area contributed by atoms with E-state index in [1.807, 2.05) is 11.5 Å². The van der Waals surface area contributed by atoms with Crippen molar-refractivity contribution in [2.75, 3.05) is 32.8 Å². The number of fused-ring (bicyclic) bond motifs is 2. The van der Waals surface area contributed by atoms with Crippen LogP contribution in [0.3, 0.4) is 0 Å². The first-order chi connectivity index (χ1) is 14.4. The fraction of sp³-hybridized carbons (Fsp3) is 0.682. The monoisotopic (exact) mass is 432 g/mol. The van der Waals surface area contributed by atoms with Crippen LogP contribution in [-0.2, 0) is 17.7 Å². The van der Waals surface area contributed by atoms with E-state index in [0.29, 0.717) is 34.2 Å². The lowest BCUT2D eigenvalue weighted by molar-refractivity contribution is -0.0295. The topological polar surface area (TPSA) is 76.5 Å². The molecule has 1 unspecified atom stereocenters. The molecular formula is C22H32N4O3S. The van der Waals surface area contributed by atoms with Crippen molar-refractivity contribution >= 4 is 27.5 Å². The Kier molecular flexibility index (Phi) is 6.55. The molecule has 4 heterocycles. The highest BCUT2D eigenvalue weighted by molar-refractivity contribution is 7.20. The number of aromatic nitrogens is 2. The van der Waals surface area contributed by atoms with Crippen LogP contribution in [0.4, 0.5) is 0 Å². The number of hydrogen-bond acceptors (Lipinski definition) is 6. The first-order valence-corrected chi connectivity index (χ1v) is 11.9. The fourth-order valence-corrected chi connectivity index (χ4v) is 5.61. The molecule has 0 spiro atoms. The lowest BCUT2D eigenvalue weighted by Gasteiger charge is -2.33. The number of nitrogens with one attached hydrogen (secondary N) is 1. The van der Waals surface area contributed by atoms with Gasteiger partial charge in [-0.3, -0.25) is 19.1 Å². The van der Waals surface area contributed by atoms with Crippen molar-refractivity contribution in [3.8, 4) is 0 Å². The molecule has 1 saturated heterocycles. The summed E-state index contributed by atoms with van der Waals surface area (Å²) < 4.78 is 7.66. The molecule has 2 aliphatic heterocycles. The molecule has 2 aromatic rings. The zero-order chi connectivity index (χ0) is 21.3. The van der Waals surface area contributed by atoms with E-state index in [2.05, 4.69) is 24.1 Å². The van der Waals surface area contributed by atoms with Gasteiger partial charge in [0.05, 0.1) is 23.0 Å². The van der Waals surface area contributed by atoms with E-state index in [0.717, 1.165) is 63.3 Å². The Morgan fingerprint density at radius 3 is 2.93 bits per heavy atom. The quantitative estimate of drug-likeness (QED) is 0.786. The number of ether oxygens (including phenoxy) is 1. The molecule has 1 N–H and O–H groups in total. The van der Waals surface area contributed by atoms with E-state index < -0.39 is 0 Å². The molecule has 164 valence electrons. The zero-order valence-electron chi connectivity index (χ0n) is 18.2. The molecule has 4 rings (SSSR count). The second-order valence-electron chi connectivity index (χ2n) is 8.89. The van der Waals surface area contributed by atoms with Gasteiger partial charge in [-0.05, 0) is 31.2 Å². The summed E-state index contributed by atoms with van der Waals surface area (Å²) in [6, 6.07) is 0. The Morgan fingerprint density at radius 2 is 2.13 bits per heavy atom. The maximum Gasteiger partial charge on any atom is 0.262 e. The van der Waals surface area contributed by atoms with Gasteiger partial charge in [0, 0.05) is 39.1 Å². The largest absolute Gasteiger partial charge is 0.374 e. The minimum atomic E-state index is -0.139. The fourth-order valence-electron chi connectivity index (χ4n) is 4.50. The normalized spacial score (nSPS) is 20.3. The summed E-state index contributed by atoms with van der Waals surface area (Å²) in [5.41, 5.74) is 0.750. The van der Waals surface area contributed by atoms with Gasteiger partial charge in [-0.15, -0.1) is 11.3 Å². The highest BCUT2D eigenvalue weighted by atomic mass is 32.1. The number of aryl methyl sites for hydroxylation is 2. The summed E-state index contributed by atoms with van der Waals surface area (Å²) in [7, 11) is 0. The van der Waals surface area contributed by atoms with E-state index >= 15 is 0 Å². The van der Waals surface area contributed by atoms with Gasteiger partial charge in [0.15, 0.2) is 0 Å². The third kappa shape index (κ3) is 4.45. The standard InChI is InChI=1S/C22H32N4O3S/c1-14(2)12-25-9-10-29-16(13-25)11-23-20(27)19-15(3)18-21(30-19)24-17-7-5-4-6-8-26(17)22(18)28/h14,16H,4-13H2,1-3H3,(H,23,27). The van der Waals surface area contributed by atoms with Crippen LogP contribution in [0.15, 0.2) is 4.79 Å². The van der Waals surface area contributed by atoms with Gasteiger partial charge in [0.2, 0.25) is 0 Å². The van der Waals surface area contributed by atoms with Gasteiger partial charge < -0.3 is 10.1 Å². The molecule has 1 atom stereocenters. The molecular weight excluding hydrogens is 400 g/mol. The second kappa shape index (κ2) is 9.16. The van der Waals surface area contributed by atoms with Gasteiger partial charge in [-0.25, -0.2) is 4.98 Å². The third-order valence-electron chi connectivity index (χ3n) is 5.95. The van der Waals surface area contributed by atoms with Crippen LogP contribution in [0.2, 0.25) is 0 Å². The van der Waals surface area contributed by atoms with Crippen molar-refractivity contribution < 1.29 is 9.53 Å². The number of carbonyl (C=O) groups excluding carboxylic acids is 1. The Bertz CT molecular complexity index is 981. The lowest BCUT2D eigenvalue weighted by Crippen LogP contribution is -2.48. The molecule has 7 nitrogen and oxygen atoms in total. The SMILES string of the molecule is Cc1c(C(=O)NCC2CN(CC(C)C)CCO2)sc2nc3n(c(=O)c12)CCCCC3. The summed E-state index contributed by atoms with van der Waals surface area (Å²) in [4.78, 5) is 34.4. The van der Waals surface area contributed by atoms with Crippen molar-refractivity contribution in [1.82, 2.24) is 19.8 Å². The molecule has 2 aromatic heterocycles. The molecule has 0 aliphatic carbocycles. The minimum Gasteiger partial charge on any atom is -0.374 e. The zero-order valence-corrected chi connectivity index (χ0v) is 19.0. The second-order valence-corrected chi connectivity index (χ2v) is 9.89. The summed E-state index contributed by atoms with van der Waals surface area (Å²) in [6.07, 6.45) is 4.02. The summed E-state index contributed by atoms with van der Waals surface area (Å²) in [6.45, 7) is 11.0. The smallest absolute Gasteiger partial charge is 0.262 e. The molecule has 1 amide bonds. The van der Waals surface area contributed by atoms with E-state index in [1.54, 1.807) is 0 Å². The first-order valence-electron chi connectivity index (χ1n) is 11.1. The van der Waals surface area contributed by atoms with Gasteiger partial charge in [0.25, 0.3) is 11.5 Å². The Morgan fingerprint density at radius 1 is 1.30 bits per heavy atom. The van der Waals surface area contributed by atoms with Crippen molar-refractivity contribution in [2.45, 2.75) is 59.1 Å². The highest BCUT2D eigenvalue weighted by Crippen LogP contribution is 2.28.